The van der Waals surface area contributed by atoms with Crippen molar-refractivity contribution >= 4 is 40.1 Å². The fourth-order valence-electron chi connectivity index (χ4n) is 7.36. The van der Waals surface area contributed by atoms with Gasteiger partial charge in [0.1, 0.15) is 0 Å². The summed E-state index contributed by atoms with van der Waals surface area (Å²) in [6, 6.07) is 12.1. The summed E-state index contributed by atoms with van der Waals surface area (Å²) >= 11 is 6.42. The van der Waals surface area contributed by atoms with Gasteiger partial charge in [-0.2, -0.15) is 0 Å². The predicted octanol–water partition coefficient (Wildman–Crippen LogP) is 3.18. The Hall–Kier alpha value is -3.34. The van der Waals surface area contributed by atoms with E-state index in [1.165, 1.54) is 0 Å². The first kappa shape index (κ1) is 30.7. The van der Waals surface area contributed by atoms with Gasteiger partial charge in [0.15, 0.2) is 0 Å². The summed E-state index contributed by atoms with van der Waals surface area (Å²) in [6.45, 7) is 8.21. The highest BCUT2D eigenvalue weighted by molar-refractivity contribution is 6.33. The number of nitrogens with zero attached hydrogens (tertiary/aromatic N) is 4. The molecule has 0 unspecified atom stereocenters. The number of piperazine rings is 1. The lowest BCUT2D eigenvalue weighted by atomic mass is 9.92. The molecule has 2 amide bonds. The summed E-state index contributed by atoms with van der Waals surface area (Å²) in [5, 5.41) is 3.91. The zero-order valence-corrected chi connectivity index (χ0v) is 26.3. The summed E-state index contributed by atoms with van der Waals surface area (Å²) in [4.78, 5) is 49.8. The lowest BCUT2D eigenvalue weighted by Gasteiger charge is -2.41. The molecule has 0 saturated carbocycles. The van der Waals surface area contributed by atoms with Crippen LogP contribution in [-0.2, 0) is 16.0 Å². The van der Waals surface area contributed by atoms with Crippen LogP contribution in [0.2, 0.25) is 5.02 Å². The summed E-state index contributed by atoms with van der Waals surface area (Å²) < 4.78 is 1.83. The number of benzene rings is 2. The number of fused-ring (bicyclic) bond motifs is 1. The normalized spacial score (nSPS) is 19.9. The van der Waals surface area contributed by atoms with Gasteiger partial charge in [0.05, 0.1) is 27.7 Å². The number of aryl methyl sites for hydroxylation is 1. The molecule has 6 rings (SSSR count). The van der Waals surface area contributed by atoms with Crippen LogP contribution in [0.5, 0.6) is 0 Å². The van der Waals surface area contributed by atoms with Crippen molar-refractivity contribution < 1.29 is 9.59 Å². The Bertz CT molecular complexity index is 1520. The topological polar surface area (TPSA) is 120 Å². The molecule has 4 N–H and O–H groups in total. The molecule has 0 bridgehead atoms. The Morgan fingerprint density at radius 3 is 2.36 bits per heavy atom. The number of anilines is 1. The average molecular weight is 622 g/mol. The average Bonchev–Trinajstić information content (AvgIpc) is 3.39. The standard InChI is InChI=1S/C33H44ClN7O3/c1-22-18-23(20-27(34)31(22)35)19-24(32(43)40-16-14-38(15-17-40)25-6-10-36-11-7-25)21-30(42)39-12-8-26(9-13-39)41-29-5-3-2-4-28(29)37-33(41)44/h2-5,18,20,24-26,36H,6-17,19,21,35H2,1H3,(H,37,44)/t24-/m0/s1. The van der Waals surface area contributed by atoms with Crippen molar-refractivity contribution in [2.75, 3.05) is 58.1 Å². The van der Waals surface area contributed by atoms with Crippen LogP contribution in [-0.4, -0.2) is 94.5 Å². The number of nitrogens with one attached hydrogen (secondary N) is 2. The van der Waals surface area contributed by atoms with E-state index in [1.54, 1.807) is 0 Å². The van der Waals surface area contributed by atoms with E-state index < -0.39 is 5.92 Å². The number of para-hydroxylation sites is 2. The zero-order chi connectivity index (χ0) is 30.8. The van der Waals surface area contributed by atoms with Gasteiger partial charge in [0.25, 0.3) is 0 Å². The number of likely N-dealkylation sites (tertiary alicyclic amines) is 1. The molecular weight excluding hydrogens is 578 g/mol. The lowest BCUT2D eigenvalue weighted by Crippen LogP contribution is -2.55. The van der Waals surface area contributed by atoms with Gasteiger partial charge in [-0.25, -0.2) is 4.79 Å². The molecule has 2 aromatic carbocycles. The van der Waals surface area contributed by atoms with Crippen molar-refractivity contribution in [1.29, 1.82) is 0 Å². The number of nitrogens with two attached hydrogens (primary N) is 1. The first-order valence-electron chi connectivity index (χ1n) is 16.0. The van der Waals surface area contributed by atoms with Gasteiger partial charge in [0, 0.05) is 57.8 Å². The van der Waals surface area contributed by atoms with E-state index in [9.17, 15) is 14.4 Å². The number of hydrogen-bond donors (Lipinski definition) is 3. The maximum absolute atomic E-state index is 14.0. The molecule has 0 spiro atoms. The molecule has 4 heterocycles. The Kier molecular flexibility index (Phi) is 9.30. The van der Waals surface area contributed by atoms with Crippen molar-refractivity contribution in [2.24, 2.45) is 5.92 Å². The predicted molar refractivity (Wildman–Crippen MR) is 174 cm³/mol. The van der Waals surface area contributed by atoms with Crippen LogP contribution in [0.4, 0.5) is 5.69 Å². The van der Waals surface area contributed by atoms with E-state index in [1.807, 2.05) is 57.7 Å². The van der Waals surface area contributed by atoms with Crippen LogP contribution in [0, 0.1) is 12.8 Å². The number of nitrogen functional groups attached to an aromatic ring is 1. The van der Waals surface area contributed by atoms with Gasteiger partial charge in [-0.15, -0.1) is 0 Å². The molecule has 1 aromatic heterocycles. The van der Waals surface area contributed by atoms with E-state index in [0.29, 0.717) is 62.2 Å². The summed E-state index contributed by atoms with van der Waals surface area (Å²) in [7, 11) is 0. The number of carbonyl (C=O) groups is 2. The highest BCUT2D eigenvalue weighted by atomic mass is 35.5. The number of hydrogen-bond acceptors (Lipinski definition) is 6. The van der Waals surface area contributed by atoms with Crippen LogP contribution in [0.25, 0.3) is 11.0 Å². The Labute approximate surface area is 263 Å². The third-order valence-corrected chi connectivity index (χ3v) is 10.2. The SMILES string of the molecule is Cc1cc(C[C@@H](CC(=O)N2CCC(n3c(=O)[nH]c4ccccc43)CC2)C(=O)N2CCN(C3CCNCC3)CC2)cc(Cl)c1N. The minimum absolute atomic E-state index is 0.0142. The molecule has 0 aliphatic carbocycles. The fraction of sp³-hybridized carbons (Fsp3) is 0.545. The number of halogens is 1. The highest BCUT2D eigenvalue weighted by Crippen LogP contribution is 2.29. The molecule has 3 aliphatic heterocycles. The minimum Gasteiger partial charge on any atom is -0.397 e. The van der Waals surface area contributed by atoms with Crippen molar-refractivity contribution in [1.82, 2.24) is 29.6 Å². The van der Waals surface area contributed by atoms with Crippen molar-refractivity contribution in [3.8, 4) is 0 Å². The van der Waals surface area contributed by atoms with Gasteiger partial charge in [0.2, 0.25) is 11.8 Å². The number of H-pyrrole nitrogens is 1. The number of rotatable bonds is 7. The van der Waals surface area contributed by atoms with E-state index in [-0.39, 0.29) is 30.0 Å². The molecule has 3 aliphatic rings. The Morgan fingerprint density at radius 2 is 1.66 bits per heavy atom. The lowest BCUT2D eigenvalue weighted by molar-refractivity contribution is -0.143. The maximum Gasteiger partial charge on any atom is 0.326 e. The molecule has 0 radical (unpaired) electrons. The molecule has 236 valence electrons. The van der Waals surface area contributed by atoms with Gasteiger partial charge in [-0.1, -0.05) is 29.8 Å². The maximum atomic E-state index is 14.0. The zero-order valence-electron chi connectivity index (χ0n) is 25.6. The fourth-order valence-corrected chi connectivity index (χ4v) is 7.65. The molecule has 11 heteroatoms. The second kappa shape index (κ2) is 13.3. The van der Waals surface area contributed by atoms with Crippen LogP contribution < -0.4 is 16.7 Å². The largest absolute Gasteiger partial charge is 0.397 e. The quantitative estimate of drug-likeness (QED) is 0.349. The second-order valence-electron chi connectivity index (χ2n) is 12.7. The minimum atomic E-state index is -0.485. The van der Waals surface area contributed by atoms with Crippen LogP contribution in [0.1, 0.15) is 49.3 Å². The van der Waals surface area contributed by atoms with Crippen molar-refractivity contribution in [3.63, 3.8) is 0 Å². The number of amides is 2. The Morgan fingerprint density at radius 1 is 0.955 bits per heavy atom. The molecule has 10 nitrogen and oxygen atoms in total. The molecule has 1 atom stereocenters. The van der Waals surface area contributed by atoms with E-state index >= 15 is 0 Å². The van der Waals surface area contributed by atoms with Crippen molar-refractivity contribution in [3.05, 3.63) is 63.0 Å². The molecule has 44 heavy (non-hydrogen) atoms. The highest BCUT2D eigenvalue weighted by Gasteiger charge is 2.34. The first-order chi connectivity index (χ1) is 21.3. The van der Waals surface area contributed by atoms with Gasteiger partial charge < -0.3 is 25.8 Å². The molecule has 3 fully saturated rings. The summed E-state index contributed by atoms with van der Waals surface area (Å²) in [5.41, 5.74) is 10.0. The van der Waals surface area contributed by atoms with E-state index in [0.717, 1.165) is 61.2 Å². The van der Waals surface area contributed by atoms with E-state index in [2.05, 4.69) is 15.2 Å². The number of aromatic nitrogens is 2. The molecule has 3 aromatic rings. The summed E-state index contributed by atoms with van der Waals surface area (Å²) in [6.07, 6.45) is 4.25. The number of piperidine rings is 2. The van der Waals surface area contributed by atoms with Gasteiger partial charge in [-0.05, 0) is 81.4 Å². The van der Waals surface area contributed by atoms with Crippen LogP contribution in [0.15, 0.2) is 41.2 Å². The smallest absolute Gasteiger partial charge is 0.326 e. The Balaban J connectivity index is 1.13. The number of imidazole rings is 1. The molecular formula is C33H44ClN7O3. The third kappa shape index (κ3) is 6.53. The van der Waals surface area contributed by atoms with E-state index in [4.69, 9.17) is 17.3 Å². The van der Waals surface area contributed by atoms with Crippen LogP contribution in [0.3, 0.4) is 0 Å². The van der Waals surface area contributed by atoms with Gasteiger partial charge in [-0.3, -0.25) is 19.1 Å². The summed E-state index contributed by atoms with van der Waals surface area (Å²) in [5.74, 6) is -0.463. The van der Waals surface area contributed by atoms with Gasteiger partial charge >= 0.3 is 5.69 Å². The number of aromatic amines is 1. The molecule has 3 saturated heterocycles. The van der Waals surface area contributed by atoms with Crippen LogP contribution >= 0.6 is 11.6 Å². The van der Waals surface area contributed by atoms with Crippen molar-refractivity contribution in [2.45, 2.75) is 57.5 Å². The second-order valence-corrected chi connectivity index (χ2v) is 13.1. The third-order valence-electron chi connectivity index (χ3n) is 9.91. The first-order valence-corrected chi connectivity index (χ1v) is 16.4. The number of carbonyl (C=O) groups excluding carboxylic acids is 2. The monoisotopic (exact) mass is 621 g/mol.